The Balaban J connectivity index is 1.38. The average molecular weight is 492 g/mol. The molecule has 1 aliphatic rings. The van der Waals surface area contributed by atoms with Gasteiger partial charge in [-0.2, -0.15) is 4.37 Å². The molecule has 0 spiro atoms. The molecule has 0 aliphatic carbocycles. The standard InChI is InChI=1S/C21H20BrClN4OS/c22-17-6-4-16(5-7-17)20(28)26-10-1-11-27(13-12-26)21-24-19(25-29-21)14-15-2-8-18(23)9-3-15/h2-9H,1,10-14H2. The summed E-state index contributed by atoms with van der Waals surface area (Å²) in [6.45, 7) is 3.07. The first-order valence-electron chi connectivity index (χ1n) is 9.45. The molecule has 0 unspecified atom stereocenters. The summed E-state index contributed by atoms with van der Waals surface area (Å²) >= 11 is 10.8. The van der Waals surface area contributed by atoms with Crippen molar-refractivity contribution < 1.29 is 4.79 Å². The second kappa shape index (κ2) is 9.24. The maximum Gasteiger partial charge on any atom is 0.253 e. The third-order valence-electron chi connectivity index (χ3n) is 4.88. The quantitative estimate of drug-likeness (QED) is 0.521. The van der Waals surface area contributed by atoms with E-state index in [1.807, 2.05) is 53.4 Å². The van der Waals surface area contributed by atoms with Crippen molar-refractivity contribution in [2.45, 2.75) is 12.8 Å². The van der Waals surface area contributed by atoms with Crippen LogP contribution in [0.1, 0.15) is 28.2 Å². The fourth-order valence-corrected chi connectivity index (χ4v) is 4.44. The summed E-state index contributed by atoms with van der Waals surface area (Å²) in [4.78, 5) is 21.7. The molecule has 5 nitrogen and oxygen atoms in total. The second-order valence-electron chi connectivity index (χ2n) is 6.94. The number of amides is 1. The Hall–Kier alpha value is -1.96. The molecule has 1 fully saturated rings. The molecule has 2 heterocycles. The van der Waals surface area contributed by atoms with Gasteiger partial charge in [0.25, 0.3) is 5.91 Å². The van der Waals surface area contributed by atoms with Crippen LogP contribution >= 0.6 is 39.1 Å². The summed E-state index contributed by atoms with van der Waals surface area (Å²) in [6, 6.07) is 15.3. The lowest BCUT2D eigenvalue weighted by atomic mass is 10.1. The molecule has 3 aromatic rings. The number of hydrogen-bond donors (Lipinski definition) is 0. The third-order valence-corrected chi connectivity index (χ3v) is 6.47. The van der Waals surface area contributed by atoms with Gasteiger partial charge in [0, 0.05) is 59.2 Å². The first-order chi connectivity index (χ1) is 14.1. The zero-order chi connectivity index (χ0) is 20.2. The highest BCUT2D eigenvalue weighted by Crippen LogP contribution is 2.22. The highest BCUT2D eigenvalue weighted by molar-refractivity contribution is 9.10. The van der Waals surface area contributed by atoms with Crippen molar-refractivity contribution in [2.24, 2.45) is 0 Å². The number of nitrogens with zero attached hydrogens (tertiary/aromatic N) is 4. The van der Waals surface area contributed by atoms with Crippen LogP contribution in [-0.2, 0) is 6.42 Å². The zero-order valence-electron chi connectivity index (χ0n) is 15.7. The van der Waals surface area contributed by atoms with Gasteiger partial charge in [-0.05, 0) is 48.4 Å². The number of carbonyl (C=O) groups excluding carboxylic acids is 1. The van der Waals surface area contributed by atoms with E-state index in [1.54, 1.807) is 0 Å². The number of hydrogen-bond acceptors (Lipinski definition) is 5. The summed E-state index contributed by atoms with van der Waals surface area (Å²) in [7, 11) is 0. The van der Waals surface area contributed by atoms with Crippen LogP contribution < -0.4 is 4.90 Å². The molecular weight excluding hydrogens is 472 g/mol. The van der Waals surface area contributed by atoms with Gasteiger partial charge in [-0.15, -0.1) is 0 Å². The lowest BCUT2D eigenvalue weighted by molar-refractivity contribution is 0.0767. The molecular formula is C21H20BrClN4OS. The van der Waals surface area contributed by atoms with E-state index in [4.69, 9.17) is 16.6 Å². The predicted octanol–water partition coefficient (Wildman–Crippen LogP) is 4.90. The molecule has 150 valence electrons. The first-order valence-corrected chi connectivity index (χ1v) is 11.4. The Morgan fingerprint density at radius 1 is 1.03 bits per heavy atom. The molecule has 29 heavy (non-hydrogen) atoms. The number of benzene rings is 2. The van der Waals surface area contributed by atoms with Crippen molar-refractivity contribution in [1.82, 2.24) is 14.3 Å². The Morgan fingerprint density at radius 3 is 2.55 bits per heavy atom. The lowest BCUT2D eigenvalue weighted by Gasteiger charge is -2.21. The summed E-state index contributed by atoms with van der Waals surface area (Å²) in [5, 5.41) is 1.65. The van der Waals surface area contributed by atoms with Crippen molar-refractivity contribution in [3.05, 3.63) is 75.0 Å². The summed E-state index contributed by atoms with van der Waals surface area (Å²) < 4.78 is 5.49. The van der Waals surface area contributed by atoms with Gasteiger partial charge in [-0.1, -0.05) is 39.7 Å². The van der Waals surface area contributed by atoms with Gasteiger partial charge in [-0.25, -0.2) is 4.98 Å². The van der Waals surface area contributed by atoms with Crippen LogP contribution in [0.3, 0.4) is 0 Å². The van der Waals surface area contributed by atoms with Crippen molar-refractivity contribution in [1.29, 1.82) is 0 Å². The van der Waals surface area contributed by atoms with Gasteiger partial charge in [0.2, 0.25) is 5.13 Å². The van der Waals surface area contributed by atoms with Crippen LogP contribution in [0.5, 0.6) is 0 Å². The van der Waals surface area contributed by atoms with E-state index in [0.717, 1.165) is 57.6 Å². The number of halogens is 2. The fraction of sp³-hybridized carbons (Fsp3) is 0.286. The minimum Gasteiger partial charge on any atom is -0.345 e. The maximum atomic E-state index is 12.8. The molecule has 0 N–H and O–H groups in total. The lowest BCUT2D eigenvalue weighted by Crippen LogP contribution is -2.35. The monoisotopic (exact) mass is 490 g/mol. The van der Waals surface area contributed by atoms with Crippen LogP contribution in [0, 0.1) is 0 Å². The van der Waals surface area contributed by atoms with Crippen molar-refractivity contribution in [3.8, 4) is 0 Å². The largest absolute Gasteiger partial charge is 0.345 e. The van der Waals surface area contributed by atoms with Gasteiger partial charge in [-0.3, -0.25) is 4.79 Å². The van der Waals surface area contributed by atoms with Crippen molar-refractivity contribution in [3.63, 3.8) is 0 Å². The molecule has 2 aromatic carbocycles. The van der Waals surface area contributed by atoms with Gasteiger partial charge in [0.05, 0.1) is 0 Å². The minimum atomic E-state index is 0.0834. The molecule has 1 aliphatic heterocycles. The van der Waals surface area contributed by atoms with E-state index in [9.17, 15) is 4.79 Å². The van der Waals surface area contributed by atoms with E-state index in [1.165, 1.54) is 11.5 Å². The highest BCUT2D eigenvalue weighted by atomic mass is 79.9. The van der Waals surface area contributed by atoms with Crippen LogP contribution in [-0.4, -0.2) is 46.3 Å². The minimum absolute atomic E-state index is 0.0834. The van der Waals surface area contributed by atoms with Gasteiger partial charge >= 0.3 is 0 Å². The van der Waals surface area contributed by atoms with E-state index >= 15 is 0 Å². The molecule has 8 heteroatoms. The first kappa shape index (κ1) is 20.3. The Morgan fingerprint density at radius 2 is 1.79 bits per heavy atom. The number of rotatable bonds is 4. The van der Waals surface area contributed by atoms with Crippen molar-refractivity contribution in [2.75, 3.05) is 31.1 Å². The fourth-order valence-electron chi connectivity index (χ4n) is 3.32. The zero-order valence-corrected chi connectivity index (χ0v) is 18.9. The predicted molar refractivity (Wildman–Crippen MR) is 121 cm³/mol. The molecule has 0 bridgehead atoms. The topological polar surface area (TPSA) is 49.3 Å². The smallest absolute Gasteiger partial charge is 0.253 e. The number of carbonyl (C=O) groups is 1. The van der Waals surface area contributed by atoms with Gasteiger partial charge in [0.15, 0.2) is 0 Å². The van der Waals surface area contributed by atoms with Crippen LogP contribution in [0.4, 0.5) is 5.13 Å². The highest BCUT2D eigenvalue weighted by Gasteiger charge is 2.22. The Bertz CT molecular complexity index is 977. The maximum absolute atomic E-state index is 12.8. The van der Waals surface area contributed by atoms with Crippen molar-refractivity contribution >= 4 is 50.1 Å². The number of anilines is 1. The molecule has 1 amide bonds. The van der Waals surface area contributed by atoms with Gasteiger partial charge < -0.3 is 9.80 Å². The summed E-state index contributed by atoms with van der Waals surface area (Å²) in [6.07, 6.45) is 1.60. The number of aromatic nitrogens is 2. The normalized spacial score (nSPS) is 14.7. The van der Waals surface area contributed by atoms with E-state index in [2.05, 4.69) is 25.2 Å². The van der Waals surface area contributed by atoms with E-state index in [0.29, 0.717) is 13.0 Å². The van der Waals surface area contributed by atoms with E-state index < -0.39 is 0 Å². The Kier molecular flexibility index (Phi) is 6.47. The molecule has 1 saturated heterocycles. The second-order valence-corrected chi connectivity index (χ2v) is 9.02. The summed E-state index contributed by atoms with van der Waals surface area (Å²) in [5.41, 5.74) is 1.86. The third kappa shape index (κ3) is 5.15. The molecule has 1 aromatic heterocycles. The molecule has 0 saturated carbocycles. The van der Waals surface area contributed by atoms with Gasteiger partial charge in [0.1, 0.15) is 5.82 Å². The Labute approximate surface area is 187 Å². The molecule has 0 radical (unpaired) electrons. The molecule has 4 rings (SSSR count). The summed E-state index contributed by atoms with van der Waals surface area (Å²) in [5.74, 6) is 0.902. The molecule has 0 atom stereocenters. The van der Waals surface area contributed by atoms with Crippen LogP contribution in [0.25, 0.3) is 0 Å². The van der Waals surface area contributed by atoms with E-state index in [-0.39, 0.29) is 5.91 Å². The average Bonchev–Trinajstić information content (AvgIpc) is 3.04. The SMILES string of the molecule is O=C(c1ccc(Br)cc1)N1CCCN(c2nc(Cc3ccc(Cl)cc3)ns2)CC1. The van der Waals surface area contributed by atoms with Crippen LogP contribution in [0.15, 0.2) is 53.0 Å². The van der Waals surface area contributed by atoms with Crippen LogP contribution in [0.2, 0.25) is 5.02 Å².